The molecule has 0 nitrogen and oxygen atoms in total. The van der Waals surface area contributed by atoms with Crippen molar-refractivity contribution < 1.29 is 0 Å². The molecule has 0 saturated heterocycles. The van der Waals surface area contributed by atoms with Crippen molar-refractivity contribution in [1.82, 2.24) is 0 Å². The number of rotatable bonds is 4. The van der Waals surface area contributed by atoms with Crippen LogP contribution in [0.5, 0.6) is 0 Å². The maximum atomic E-state index is 2.22. The topological polar surface area (TPSA) is 0 Å². The highest BCUT2D eigenvalue weighted by molar-refractivity contribution is 7.16. The zero-order valence-corrected chi connectivity index (χ0v) is 12.6. The Morgan fingerprint density at radius 1 is 1.11 bits per heavy atom. The molecule has 0 atom stereocenters. The minimum Gasteiger partial charge on any atom is -0.135 e. The van der Waals surface area contributed by atoms with Crippen molar-refractivity contribution >= 4 is 16.9 Å². The van der Waals surface area contributed by atoms with E-state index in [9.17, 15) is 0 Å². The van der Waals surface area contributed by atoms with E-state index in [4.69, 9.17) is 0 Å². The first-order chi connectivity index (χ1) is 9.24. The molecule has 0 aliphatic carbocycles. The smallest absolute Gasteiger partial charge is 0.0349 e. The molecule has 2 aromatic rings. The van der Waals surface area contributed by atoms with E-state index >= 15 is 0 Å². The fourth-order valence-corrected chi connectivity index (χ4v) is 3.00. The lowest BCUT2D eigenvalue weighted by molar-refractivity contribution is 1.23. The second-order valence-electron chi connectivity index (χ2n) is 4.58. The van der Waals surface area contributed by atoms with Crippen molar-refractivity contribution in [1.29, 1.82) is 0 Å². The molecule has 19 heavy (non-hydrogen) atoms. The maximum absolute atomic E-state index is 2.22. The molecule has 1 heteroatoms. The van der Waals surface area contributed by atoms with Crippen LogP contribution in [0.2, 0.25) is 0 Å². The summed E-state index contributed by atoms with van der Waals surface area (Å²) in [5, 5.41) is 0. The Morgan fingerprint density at radius 3 is 2.47 bits per heavy atom. The van der Waals surface area contributed by atoms with E-state index in [0.717, 1.165) is 6.42 Å². The first kappa shape index (κ1) is 13.8. The number of aryl methyl sites for hydroxylation is 1. The van der Waals surface area contributed by atoms with Gasteiger partial charge in [-0.25, -0.2) is 0 Å². The summed E-state index contributed by atoms with van der Waals surface area (Å²) in [6.45, 7) is 6.38. The van der Waals surface area contributed by atoms with Crippen molar-refractivity contribution in [2.45, 2.75) is 27.2 Å². The van der Waals surface area contributed by atoms with E-state index in [1.165, 1.54) is 26.5 Å². The first-order valence-electron chi connectivity index (χ1n) is 6.74. The predicted molar refractivity (Wildman–Crippen MR) is 87.6 cm³/mol. The SMILES string of the molecule is CC=C(C=CCC)c1ccc(-c2ccc(C)cc2)s1. The van der Waals surface area contributed by atoms with Crippen molar-refractivity contribution in [3.05, 3.63) is 65.1 Å². The number of benzene rings is 1. The standard InChI is InChI=1S/C18H20S/c1-4-6-7-15(5-2)17-12-13-18(19-17)16-10-8-14(3)9-11-16/h5-13H,4H2,1-3H3. The number of hydrogen-bond acceptors (Lipinski definition) is 1. The minimum atomic E-state index is 1.08. The van der Waals surface area contributed by atoms with Crippen LogP contribution in [-0.2, 0) is 0 Å². The van der Waals surface area contributed by atoms with Crippen LogP contribution in [0, 0.1) is 6.92 Å². The Balaban J connectivity index is 2.28. The molecule has 1 aromatic heterocycles. The fourth-order valence-electron chi connectivity index (χ4n) is 1.93. The molecule has 1 heterocycles. The van der Waals surface area contributed by atoms with Gasteiger partial charge < -0.3 is 0 Å². The third kappa shape index (κ3) is 3.45. The molecule has 0 saturated carbocycles. The van der Waals surface area contributed by atoms with Crippen molar-refractivity contribution in [2.75, 3.05) is 0 Å². The van der Waals surface area contributed by atoms with E-state index in [-0.39, 0.29) is 0 Å². The zero-order chi connectivity index (χ0) is 13.7. The van der Waals surface area contributed by atoms with Crippen molar-refractivity contribution in [3.63, 3.8) is 0 Å². The van der Waals surface area contributed by atoms with Crippen LogP contribution in [0.3, 0.4) is 0 Å². The quantitative estimate of drug-likeness (QED) is 0.588. The van der Waals surface area contributed by atoms with Gasteiger partial charge >= 0.3 is 0 Å². The molecule has 0 aliphatic rings. The van der Waals surface area contributed by atoms with E-state index in [1.807, 2.05) is 11.3 Å². The Morgan fingerprint density at radius 2 is 1.84 bits per heavy atom. The number of thiophene rings is 1. The Bertz CT molecular complexity index is 582. The van der Waals surface area contributed by atoms with Crippen LogP contribution in [-0.4, -0.2) is 0 Å². The van der Waals surface area contributed by atoms with Gasteiger partial charge in [-0.15, -0.1) is 11.3 Å². The molecule has 0 N–H and O–H groups in total. The molecule has 0 spiro atoms. The Kier molecular flexibility index (Phi) is 4.75. The highest BCUT2D eigenvalue weighted by Crippen LogP contribution is 2.32. The summed E-state index contributed by atoms with van der Waals surface area (Å²) in [5.74, 6) is 0. The summed E-state index contributed by atoms with van der Waals surface area (Å²) in [7, 11) is 0. The van der Waals surface area contributed by atoms with Crippen LogP contribution in [0.15, 0.2) is 54.6 Å². The summed E-state index contributed by atoms with van der Waals surface area (Å²) < 4.78 is 0. The van der Waals surface area contributed by atoms with Gasteiger partial charge in [0, 0.05) is 9.75 Å². The van der Waals surface area contributed by atoms with Crippen LogP contribution in [0.1, 0.15) is 30.7 Å². The lowest BCUT2D eigenvalue weighted by atomic mass is 10.1. The fraction of sp³-hybridized carbons (Fsp3) is 0.222. The maximum Gasteiger partial charge on any atom is 0.0349 e. The lowest BCUT2D eigenvalue weighted by Crippen LogP contribution is -1.73. The van der Waals surface area contributed by atoms with E-state index < -0.39 is 0 Å². The molecule has 0 bridgehead atoms. The highest BCUT2D eigenvalue weighted by Gasteiger charge is 2.04. The molecule has 0 radical (unpaired) electrons. The number of hydrogen-bond donors (Lipinski definition) is 0. The van der Waals surface area contributed by atoms with Crippen molar-refractivity contribution in [2.24, 2.45) is 0 Å². The summed E-state index contributed by atoms with van der Waals surface area (Å²) in [6, 6.07) is 13.2. The highest BCUT2D eigenvalue weighted by atomic mass is 32.1. The summed E-state index contributed by atoms with van der Waals surface area (Å²) in [5.41, 5.74) is 3.92. The Hall–Kier alpha value is -1.60. The van der Waals surface area contributed by atoms with Crippen LogP contribution in [0.25, 0.3) is 16.0 Å². The third-order valence-electron chi connectivity index (χ3n) is 3.07. The van der Waals surface area contributed by atoms with Crippen LogP contribution in [0.4, 0.5) is 0 Å². The average molecular weight is 268 g/mol. The number of allylic oxidation sites excluding steroid dienone is 4. The lowest BCUT2D eigenvalue weighted by Gasteiger charge is -1.99. The Labute approximate surface area is 120 Å². The largest absolute Gasteiger partial charge is 0.135 e. The average Bonchev–Trinajstić information content (AvgIpc) is 2.90. The van der Waals surface area contributed by atoms with Crippen LogP contribution >= 0.6 is 11.3 Å². The van der Waals surface area contributed by atoms with Gasteiger partial charge in [0.2, 0.25) is 0 Å². The van der Waals surface area contributed by atoms with Gasteiger partial charge in [-0.2, -0.15) is 0 Å². The summed E-state index contributed by atoms with van der Waals surface area (Å²) in [4.78, 5) is 2.67. The molecular formula is C18H20S. The summed E-state index contributed by atoms with van der Waals surface area (Å²) in [6.07, 6.45) is 7.68. The molecule has 0 fully saturated rings. The van der Waals surface area contributed by atoms with Gasteiger partial charge in [0.25, 0.3) is 0 Å². The van der Waals surface area contributed by atoms with Gasteiger partial charge in [0.1, 0.15) is 0 Å². The monoisotopic (exact) mass is 268 g/mol. The molecule has 2 rings (SSSR count). The van der Waals surface area contributed by atoms with Gasteiger partial charge in [0.05, 0.1) is 0 Å². The zero-order valence-electron chi connectivity index (χ0n) is 11.8. The second kappa shape index (κ2) is 6.53. The van der Waals surface area contributed by atoms with Gasteiger partial charge in [-0.1, -0.05) is 55.0 Å². The van der Waals surface area contributed by atoms with E-state index in [1.54, 1.807) is 0 Å². The third-order valence-corrected chi connectivity index (χ3v) is 4.25. The van der Waals surface area contributed by atoms with Crippen molar-refractivity contribution in [3.8, 4) is 10.4 Å². The second-order valence-corrected chi connectivity index (χ2v) is 5.67. The first-order valence-corrected chi connectivity index (χ1v) is 7.56. The molecule has 1 aromatic carbocycles. The molecule has 0 aliphatic heterocycles. The molecular weight excluding hydrogens is 248 g/mol. The minimum absolute atomic E-state index is 1.08. The summed E-state index contributed by atoms with van der Waals surface area (Å²) >= 11 is 1.86. The molecule has 98 valence electrons. The van der Waals surface area contributed by atoms with Gasteiger partial charge in [-0.05, 0) is 43.5 Å². The normalized spacial score (nSPS) is 12.3. The van der Waals surface area contributed by atoms with Gasteiger partial charge in [0.15, 0.2) is 0 Å². The van der Waals surface area contributed by atoms with Crippen LogP contribution < -0.4 is 0 Å². The van der Waals surface area contributed by atoms with E-state index in [2.05, 4.69) is 75.4 Å². The van der Waals surface area contributed by atoms with E-state index in [0.29, 0.717) is 0 Å². The molecule has 0 amide bonds. The predicted octanol–water partition coefficient (Wildman–Crippen LogP) is 6.09. The molecule has 0 unspecified atom stereocenters. The van der Waals surface area contributed by atoms with Gasteiger partial charge in [-0.3, -0.25) is 0 Å².